The van der Waals surface area contributed by atoms with E-state index in [1.54, 1.807) is 4.90 Å². The fourth-order valence-corrected chi connectivity index (χ4v) is 2.72. The maximum Gasteiger partial charge on any atom is 0.260 e. The lowest BCUT2D eigenvalue weighted by Gasteiger charge is -2.35. The van der Waals surface area contributed by atoms with Gasteiger partial charge in [-0.2, -0.15) is 0 Å². The highest BCUT2D eigenvalue weighted by Crippen LogP contribution is 2.16. The number of halogens is 1. The highest BCUT2D eigenvalue weighted by atomic mass is 19.1. The van der Waals surface area contributed by atoms with Crippen molar-refractivity contribution in [1.29, 1.82) is 0 Å². The lowest BCUT2D eigenvalue weighted by atomic mass is 10.3. The molecule has 2 aromatic rings. The summed E-state index contributed by atoms with van der Waals surface area (Å²) in [4.78, 5) is 16.1. The van der Waals surface area contributed by atoms with Crippen LogP contribution in [0.4, 0.5) is 10.2 Å². The number of carbonyl (C=O) groups excluding carboxylic acids is 1. The normalized spacial score (nSPS) is 14.1. The lowest BCUT2D eigenvalue weighted by molar-refractivity contribution is -0.133. The van der Waals surface area contributed by atoms with Crippen molar-refractivity contribution in [1.82, 2.24) is 15.1 Å². The van der Waals surface area contributed by atoms with Gasteiger partial charge in [0.05, 0.1) is 6.61 Å². The third kappa shape index (κ3) is 5.29. The average Bonchev–Trinajstić information content (AvgIpc) is 2.72. The van der Waals surface area contributed by atoms with Crippen molar-refractivity contribution in [2.75, 3.05) is 44.3 Å². The molecule has 2 heterocycles. The Kier molecular flexibility index (Phi) is 6.40. The number of rotatable bonds is 7. The highest BCUT2D eigenvalue weighted by Gasteiger charge is 2.22. The van der Waals surface area contributed by atoms with E-state index in [-0.39, 0.29) is 18.3 Å². The summed E-state index contributed by atoms with van der Waals surface area (Å²) in [5.41, 5.74) is 0. The number of anilines is 1. The van der Waals surface area contributed by atoms with E-state index in [1.807, 2.05) is 19.1 Å². The number of hydrogen-bond donors (Lipinski definition) is 0. The van der Waals surface area contributed by atoms with Gasteiger partial charge in [-0.15, -0.1) is 10.2 Å². The van der Waals surface area contributed by atoms with E-state index in [9.17, 15) is 9.18 Å². The largest absolute Gasteiger partial charge is 0.484 e. The van der Waals surface area contributed by atoms with Crippen LogP contribution in [0.2, 0.25) is 0 Å². The molecule has 0 atom stereocenters. The van der Waals surface area contributed by atoms with E-state index in [0.29, 0.717) is 44.4 Å². The standard InChI is InChI=1S/C19H23FN4O3/c1-2-13-26-18-8-7-17(21-22-18)23-9-11-24(12-10-23)19(25)14-27-16-5-3-15(20)4-6-16/h3-8H,2,9-14H2,1H3. The molecule has 1 fully saturated rings. The summed E-state index contributed by atoms with van der Waals surface area (Å²) >= 11 is 0. The van der Waals surface area contributed by atoms with Gasteiger partial charge >= 0.3 is 0 Å². The van der Waals surface area contributed by atoms with Crippen LogP contribution in [0.25, 0.3) is 0 Å². The van der Waals surface area contributed by atoms with Crippen LogP contribution in [0.5, 0.6) is 11.6 Å². The summed E-state index contributed by atoms with van der Waals surface area (Å²) in [5.74, 6) is 1.34. The van der Waals surface area contributed by atoms with E-state index in [4.69, 9.17) is 9.47 Å². The molecule has 0 radical (unpaired) electrons. The molecule has 1 aliphatic heterocycles. The van der Waals surface area contributed by atoms with Gasteiger partial charge in [0.1, 0.15) is 11.6 Å². The Labute approximate surface area is 157 Å². The number of aromatic nitrogens is 2. The Morgan fingerprint density at radius 2 is 1.78 bits per heavy atom. The molecule has 1 aliphatic rings. The van der Waals surface area contributed by atoms with Gasteiger partial charge in [0.2, 0.25) is 5.88 Å². The molecule has 27 heavy (non-hydrogen) atoms. The predicted molar refractivity (Wildman–Crippen MR) is 98.5 cm³/mol. The van der Waals surface area contributed by atoms with Gasteiger partial charge in [0, 0.05) is 32.2 Å². The van der Waals surface area contributed by atoms with Crippen LogP contribution < -0.4 is 14.4 Å². The summed E-state index contributed by atoms with van der Waals surface area (Å²) in [6.45, 7) is 5.11. The van der Waals surface area contributed by atoms with Gasteiger partial charge < -0.3 is 19.3 Å². The quantitative estimate of drug-likeness (QED) is 0.740. The van der Waals surface area contributed by atoms with Crippen LogP contribution in [0.1, 0.15) is 13.3 Å². The second-order valence-corrected chi connectivity index (χ2v) is 6.19. The van der Waals surface area contributed by atoms with Crippen LogP contribution in [0.15, 0.2) is 36.4 Å². The molecule has 0 saturated carbocycles. The smallest absolute Gasteiger partial charge is 0.260 e. The zero-order valence-corrected chi connectivity index (χ0v) is 15.3. The first kappa shape index (κ1) is 18.9. The Bertz CT molecular complexity index is 732. The minimum Gasteiger partial charge on any atom is -0.484 e. The number of ether oxygens (including phenoxy) is 2. The zero-order chi connectivity index (χ0) is 19.1. The molecule has 0 bridgehead atoms. The van der Waals surface area contributed by atoms with Gasteiger partial charge in [0.15, 0.2) is 12.4 Å². The Morgan fingerprint density at radius 3 is 2.41 bits per heavy atom. The molecule has 3 rings (SSSR count). The molecule has 0 aliphatic carbocycles. The molecular weight excluding hydrogens is 351 g/mol. The molecule has 144 valence electrons. The third-order valence-electron chi connectivity index (χ3n) is 4.21. The first-order chi connectivity index (χ1) is 13.2. The van der Waals surface area contributed by atoms with Crippen molar-refractivity contribution in [3.63, 3.8) is 0 Å². The van der Waals surface area contributed by atoms with Crippen LogP contribution >= 0.6 is 0 Å². The molecule has 0 spiro atoms. The molecule has 1 saturated heterocycles. The predicted octanol–water partition coefficient (Wildman–Crippen LogP) is 2.13. The average molecular weight is 374 g/mol. The van der Waals surface area contributed by atoms with E-state index in [0.717, 1.165) is 12.2 Å². The SMILES string of the molecule is CCCOc1ccc(N2CCN(C(=O)COc3ccc(F)cc3)CC2)nn1. The van der Waals surface area contributed by atoms with E-state index in [2.05, 4.69) is 15.1 Å². The minimum atomic E-state index is -0.335. The Balaban J connectivity index is 1.45. The number of hydrogen-bond acceptors (Lipinski definition) is 6. The van der Waals surface area contributed by atoms with Crippen molar-refractivity contribution in [2.24, 2.45) is 0 Å². The molecule has 1 amide bonds. The third-order valence-corrected chi connectivity index (χ3v) is 4.21. The number of piperazine rings is 1. The van der Waals surface area contributed by atoms with Gasteiger partial charge in [-0.3, -0.25) is 4.79 Å². The van der Waals surface area contributed by atoms with Crippen molar-refractivity contribution >= 4 is 11.7 Å². The first-order valence-corrected chi connectivity index (χ1v) is 9.03. The van der Waals surface area contributed by atoms with Crippen LogP contribution in [-0.4, -0.2) is 60.4 Å². The van der Waals surface area contributed by atoms with Crippen molar-refractivity contribution < 1.29 is 18.7 Å². The van der Waals surface area contributed by atoms with E-state index in [1.165, 1.54) is 24.3 Å². The highest BCUT2D eigenvalue weighted by molar-refractivity contribution is 5.78. The number of amides is 1. The summed E-state index contributed by atoms with van der Waals surface area (Å²) in [6.07, 6.45) is 0.921. The van der Waals surface area contributed by atoms with Gasteiger partial charge in [-0.05, 0) is 36.8 Å². The summed E-state index contributed by atoms with van der Waals surface area (Å²) in [6, 6.07) is 9.32. The van der Waals surface area contributed by atoms with Crippen LogP contribution in [0.3, 0.4) is 0 Å². The zero-order valence-electron chi connectivity index (χ0n) is 15.3. The number of carbonyl (C=O) groups is 1. The summed E-state index contributed by atoms with van der Waals surface area (Å²) in [5, 5.41) is 8.27. The Morgan fingerprint density at radius 1 is 1.04 bits per heavy atom. The maximum absolute atomic E-state index is 12.9. The van der Waals surface area contributed by atoms with Crippen molar-refractivity contribution in [3.8, 4) is 11.6 Å². The fourth-order valence-electron chi connectivity index (χ4n) is 2.72. The first-order valence-electron chi connectivity index (χ1n) is 9.03. The van der Waals surface area contributed by atoms with Gasteiger partial charge in [-0.25, -0.2) is 4.39 Å². The van der Waals surface area contributed by atoms with Crippen LogP contribution in [0, 0.1) is 5.82 Å². The topological polar surface area (TPSA) is 67.8 Å². The van der Waals surface area contributed by atoms with Crippen molar-refractivity contribution in [2.45, 2.75) is 13.3 Å². The van der Waals surface area contributed by atoms with Crippen LogP contribution in [-0.2, 0) is 4.79 Å². The monoisotopic (exact) mass is 374 g/mol. The molecule has 7 nitrogen and oxygen atoms in total. The maximum atomic E-state index is 12.9. The molecule has 1 aromatic carbocycles. The Hall–Kier alpha value is -2.90. The summed E-state index contributed by atoms with van der Waals surface area (Å²) in [7, 11) is 0. The van der Waals surface area contributed by atoms with Crippen molar-refractivity contribution in [3.05, 3.63) is 42.2 Å². The van der Waals surface area contributed by atoms with E-state index >= 15 is 0 Å². The second-order valence-electron chi connectivity index (χ2n) is 6.19. The van der Waals surface area contributed by atoms with Gasteiger partial charge in [0.25, 0.3) is 5.91 Å². The fraction of sp³-hybridized carbons (Fsp3) is 0.421. The summed E-state index contributed by atoms with van der Waals surface area (Å²) < 4.78 is 23.7. The lowest BCUT2D eigenvalue weighted by Crippen LogP contribution is -2.50. The molecular formula is C19H23FN4O3. The molecule has 8 heteroatoms. The molecule has 1 aromatic heterocycles. The van der Waals surface area contributed by atoms with Gasteiger partial charge in [-0.1, -0.05) is 6.92 Å². The minimum absolute atomic E-state index is 0.0606. The molecule has 0 N–H and O–H groups in total. The second kappa shape index (κ2) is 9.16. The molecule has 0 unspecified atom stereocenters. The van der Waals surface area contributed by atoms with E-state index < -0.39 is 0 Å². The number of nitrogens with zero attached hydrogens (tertiary/aromatic N) is 4. The number of benzene rings is 1.